The topological polar surface area (TPSA) is 76.2 Å². The molecule has 0 saturated heterocycles. The zero-order valence-corrected chi connectivity index (χ0v) is 12.8. The molecule has 6 heteroatoms. The maximum absolute atomic E-state index is 12.2. The average Bonchev–Trinajstić information content (AvgIpc) is 3.06. The molecule has 0 radical (unpaired) electrons. The standard InChI is InChI=1S/C18H15N3O3/c22-18-7-12(10-1-2-16-17(6-10)24-4-3-23-16)13-5-11-9-19-21-14(11)8-15(13)20-18/h1-2,5-6,8-9,12H,3-4,7H2,(H,19,21)(H,20,22). The van der Waals surface area contributed by atoms with Crippen LogP contribution >= 0.6 is 0 Å². The minimum absolute atomic E-state index is 0.0103. The number of aromatic amines is 1. The van der Waals surface area contributed by atoms with Crippen LogP contribution in [0.4, 0.5) is 5.69 Å². The number of aromatic nitrogens is 2. The highest BCUT2D eigenvalue weighted by Gasteiger charge is 2.28. The van der Waals surface area contributed by atoms with Crippen molar-refractivity contribution >= 4 is 22.5 Å². The van der Waals surface area contributed by atoms with Gasteiger partial charge in [0, 0.05) is 23.4 Å². The van der Waals surface area contributed by atoms with Crippen molar-refractivity contribution in [3.05, 3.63) is 47.7 Å². The van der Waals surface area contributed by atoms with Gasteiger partial charge >= 0.3 is 0 Å². The van der Waals surface area contributed by atoms with Crippen molar-refractivity contribution < 1.29 is 14.3 Å². The van der Waals surface area contributed by atoms with Crippen molar-refractivity contribution in [3.8, 4) is 11.5 Å². The zero-order chi connectivity index (χ0) is 16.1. The lowest BCUT2D eigenvalue weighted by Crippen LogP contribution is -2.23. The van der Waals surface area contributed by atoms with Crippen molar-refractivity contribution in [3.63, 3.8) is 0 Å². The van der Waals surface area contributed by atoms with E-state index in [2.05, 4.69) is 21.6 Å². The molecule has 24 heavy (non-hydrogen) atoms. The molecule has 6 nitrogen and oxygen atoms in total. The van der Waals surface area contributed by atoms with Gasteiger partial charge in [0.2, 0.25) is 5.91 Å². The summed E-state index contributed by atoms with van der Waals surface area (Å²) in [7, 11) is 0. The summed E-state index contributed by atoms with van der Waals surface area (Å²) < 4.78 is 11.3. The van der Waals surface area contributed by atoms with Crippen LogP contribution in [0.5, 0.6) is 11.5 Å². The number of hydrogen-bond acceptors (Lipinski definition) is 4. The maximum atomic E-state index is 12.2. The Kier molecular flexibility index (Phi) is 2.79. The number of H-pyrrole nitrogens is 1. The van der Waals surface area contributed by atoms with Crippen LogP contribution in [0.1, 0.15) is 23.5 Å². The molecular weight excluding hydrogens is 306 g/mol. The summed E-state index contributed by atoms with van der Waals surface area (Å²) in [5, 5.41) is 11.0. The molecule has 3 heterocycles. The predicted octanol–water partition coefficient (Wildman–Crippen LogP) is 2.81. The van der Waals surface area contributed by atoms with E-state index in [9.17, 15) is 4.79 Å². The van der Waals surface area contributed by atoms with E-state index in [-0.39, 0.29) is 11.8 Å². The number of rotatable bonds is 1. The minimum Gasteiger partial charge on any atom is -0.486 e. The number of nitrogens with one attached hydrogen (secondary N) is 2. The van der Waals surface area contributed by atoms with E-state index in [1.54, 1.807) is 6.20 Å². The first-order valence-corrected chi connectivity index (χ1v) is 7.94. The molecule has 1 aromatic heterocycles. The summed E-state index contributed by atoms with van der Waals surface area (Å²) in [5.74, 6) is 1.51. The number of hydrogen-bond donors (Lipinski definition) is 2. The molecule has 5 rings (SSSR count). The highest BCUT2D eigenvalue weighted by atomic mass is 16.6. The van der Waals surface area contributed by atoms with Gasteiger partial charge in [-0.15, -0.1) is 0 Å². The molecule has 2 N–H and O–H groups in total. The second kappa shape index (κ2) is 4.99. The van der Waals surface area contributed by atoms with Gasteiger partial charge in [-0.2, -0.15) is 5.10 Å². The minimum atomic E-state index is -0.0103. The Morgan fingerprint density at radius 3 is 2.88 bits per heavy atom. The second-order valence-electron chi connectivity index (χ2n) is 6.10. The first-order chi connectivity index (χ1) is 11.8. The quantitative estimate of drug-likeness (QED) is 0.722. The van der Waals surface area contributed by atoms with Gasteiger partial charge in [-0.1, -0.05) is 6.07 Å². The third kappa shape index (κ3) is 2.03. The molecule has 120 valence electrons. The summed E-state index contributed by atoms with van der Waals surface area (Å²) in [6.45, 7) is 1.12. The molecule has 3 aromatic rings. The molecule has 1 atom stereocenters. The van der Waals surface area contributed by atoms with Crippen molar-refractivity contribution in [1.29, 1.82) is 0 Å². The number of anilines is 1. The molecular formula is C18H15N3O3. The molecule has 0 aliphatic carbocycles. The van der Waals surface area contributed by atoms with E-state index >= 15 is 0 Å². The molecule has 1 amide bonds. The number of benzene rings is 2. The lowest BCUT2D eigenvalue weighted by molar-refractivity contribution is -0.116. The number of ether oxygens (including phenoxy) is 2. The van der Waals surface area contributed by atoms with Gasteiger partial charge in [0.05, 0.1) is 11.7 Å². The van der Waals surface area contributed by atoms with Crippen LogP contribution in [0, 0.1) is 0 Å². The number of carbonyl (C=O) groups is 1. The largest absolute Gasteiger partial charge is 0.486 e. The summed E-state index contributed by atoms with van der Waals surface area (Å²) >= 11 is 0. The Bertz CT molecular complexity index is 963. The third-order valence-electron chi connectivity index (χ3n) is 4.62. The Morgan fingerprint density at radius 1 is 1.08 bits per heavy atom. The second-order valence-corrected chi connectivity index (χ2v) is 6.10. The normalized spacial score (nSPS) is 19.0. The summed E-state index contributed by atoms with van der Waals surface area (Å²) in [5.41, 5.74) is 3.90. The number of amides is 1. The number of fused-ring (bicyclic) bond motifs is 3. The Hall–Kier alpha value is -3.02. The zero-order valence-electron chi connectivity index (χ0n) is 12.8. The summed E-state index contributed by atoms with van der Waals surface area (Å²) in [6.07, 6.45) is 2.21. The van der Waals surface area contributed by atoms with E-state index < -0.39 is 0 Å². The SMILES string of the molecule is O=C1CC(c2ccc3c(c2)OCCO3)c2cc3cn[nH]c3cc2N1. The Balaban J connectivity index is 1.65. The average molecular weight is 321 g/mol. The Labute approximate surface area is 137 Å². The van der Waals surface area contributed by atoms with E-state index in [4.69, 9.17) is 9.47 Å². The van der Waals surface area contributed by atoms with Crippen molar-refractivity contribution in [2.45, 2.75) is 12.3 Å². The van der Waals surface area contributed by atoms with Crippen LogP contribution in [0.3, 0.4) is 0 Å². The summed E-state index contributed by atoms with van der Waals surface area (Å²) in [6, 6.07) is 9.96. The molecule has 0 bridgehead atoms. The molecule has 2 aliphatic heterocycles. The first-order valence-electron chi connectivity index (χ1n) is 7.94. The van der Waals surface area contributed by atoms with Crippen LogP contribution in [-0.4, -0.2) is 29.3 Å². The lowest BCUT2D eigenvalue weighted by Gasteiger charge is -2.27. The van der Waals surface area contributed by atoms with E-state index in [1.165, 1.54) is 0 Å². The lowest BCUT2D eigenvalue weighted by atomic mass is 9.84. The van der Waals surface area contributed by atoms with Crippen LogP contribution < -0.4 is 14.8 Å². The van der Waals surface area contributed by atoms with Gasteiger partial charge in [-0.3, -0.25) is 9.89 Å². The van der Waals surface area contributed by atoms with Gasteiger partial charge in [-0.05, 0) is 35.4 Å². The van der Waals surface area contributed by atoms with Crippen LogP contribution in [0.25, 0.3) is 10.9 Å². The van der Waals surface area contributed by atoms with Crippen molar-refractivity contribution in [1.82, 2.24) is 10.2 Å². The fourth-order valence-electron chi connectivity index (χ4n) is 3.48. The van der Waals surface area contributed by atoms with Crippen molar-refractivity contribution in [2.75, 3.05) is 18.5 Å². The highest BCUT2D eigenvalue weighted by Crippen LogP contribution is 2.41. The van der Waals surface area contributed by atoms with E-state index in [1.807, 2.05) is 24.3 Å². The molecule has 0 saturated carbocycles. The molecule has 0 spiro atoms. The predicted molar refractivity (Wildman–Crippen MR) is 88.6 cm³/mol. The van der Waals surface area contributed by atoms with Gasteiger partial charge < -0.3 is 14.8 Å². The molecule has 2 aliphatic rings. The van der Waals surface area contributed by atoms with Gasteiger partial charge in [0.1, 0.15) is 13.2 Å². The van der Waals surface area contributed by atoms with Gasteiger partial charge in [0.15, 0.2) is 11.5 Å². The van der Waals surface area contributed by atoms with E-state index in [0.717, 1.165) is 39.2 Å². The monoisotopic (exact) mass is 321 g/mol. The fourth-order valence-corrected chi connectivity index (χ4v) is 3.48. The van der Waals surface area contributed by atoms with Crippen LogP contribution in [-0.2, 0) is 4.79 Å². The van der Waals surface area contributed by atoms with Gasteiger partial charge in [-0.25, -0.2) is 0 Å². The Morgan fingerprint density at radius 2 is 1.96 bits per heavy atom. The van der Waals surface area contributed by atoms with Crippen LogP contribution in [0.15, 0.2) is 36.5 Å². The van der Waals surface area contributed by atoms with Gasteiger partial charge in [0.25, 0.3) is 0 Å². The number of nitrogens with zero attached hydrogens (tertiary/aromatic N) is 1. The summed E-state index contributed by atoms with van der Waals surface area (Å²) in [4.78, 5) is 12.2. The smallest absolute Gasteiger partial charge is 0.225 e. The third-order valence-corrected chi connectivity index (χ3v) is 4.62. The van der Waals surface area contributed by atoms with Crippen LogP contribution in [0.2, 0.25) is 0 Å². The molecule has 0 fully saturated rings. The van der Waals surface area contributed by atoms with E-state index in [0.29, 0.717) is 19.6 Å². The first kappa shape index (κ1) is 13.4. The maximum Gasteiger partial charge on any atom is 0.225 e. The van der Waals surface area contributed by atoms with Crippen molar-refractivity contribution in [2.24, 2.45) is 0 Å². The highest BCUT2D eigenvalue weighted by molar-refractivity contribution is 5.98. The molecule has 1 unspecified atom stereocenters. The molecule has 2 aromatic carbocycles. The number of carbonyl (C=O) groups excluding carboxylic acids is 1. The fraction of sp³-hybridized carbons (Fsp3) is 0.222.